The Kier molecular flexibility index (Phi) is 7.82. The molecule has 1 saturated heterocycles. The number of nitrogens with one attached hydrogen (secondary N) is 3. The molecule has 0 aromatic heterocycles. The first-order valence-corrected chi connectivity index (χ1v) is 12.8. The van der Waals surface area contributed by atoms with Gasteiger partial charge in [-0.15, -0.1) is 0 Å². The van der Waals surface area contributed by atoms with E-state index in [1.54, 1.807) is 0 Å². The number of carbonyl (C=O) groups is 2. The van der Waals surface area contributed by atoms with Gasteiger partial charge >= 0.3 is 0 Å². The van der Waals surface area contributed by atoms with Crippen molar-refractivity contribution in [2.45, 2.75) is 63.1 Å². The molecule has 11 heteroatoms. The van der Waals surface area contributed by atoms with Gasteiger partial charge in [-0.3, -0.25) is 9.59 Å². The Morgan fingerprint density at radius 2 is 1.84 bits per heavy atom. The van der Waals surface area contributed by atoms with Crippen molar-refractivity contribution in [3.63, 3.8) is 0 Å². The second-order valence-electron chi connectivity index (χ2n) is 11.2. The van der Waals surface area contributed by atoms with Crippen LogP contribution in [0.2, 0.25) is 5.02 Å². The highest BCUT2D eigenvalue weighted by molar-refractivity contribution is 6.30. The summed E-state index contributed by atoms with van der Waals surface area (Å²) in [5.74, 6) is -5.00. The number of hydrogen-bond acceptors (Lipinski definition) is 5. The Hall–Kier alpha value is -2.66. The van der Waals surface area contributed by atoms with Crippen LogP contribution in [0.3, 0.4) is 0 Å². The molecule has 1 fully saturated rings. The van der Waals surface area contributed by atoms with Crippen LogP contribution in [0.25, 0.3) is 0 Å². The number of fused-ring (bicyclic) bond motifs is 2. The summed E-state index contributed by atoms with van der Waals surface area (Å²) in [5, 5.41) is 27.2. The number of rotatable bonds is 7. The average Bonchev–Trinajstić information content (AvgIpc) is 3.30. The number of carbonyl (C=O) groups excluding carboxylic acids is 2. The van der Waals surface area contributed by atoms with Gasteiger partial charge < -0.3 is 26.2 Å². The molecule has 2 aromatic rings. The van der Waals surface area contributed by atoms with E-state index in [-0.39, 0.29) is 34.7 Å². The second-order valence-corrected chi connectivity index (χ2v) is 11.6. The van der Waals surface area contributed by atoms with E-state index >= 15 is 0 Å². The van der Waals surface area contributed by atoms with Gasteiger partial charge in [0.1, 0.15) is 11.2 Å². The van der Waals surface area contributed by atoms with E-state index < -0.39 is 65.4 Å². The highest BCUT2D eigenvalue weighted by atomic mass is 35.5. The van der Waals surface area contributed by atoms with E-state index in [0.717, 1.165) is 18.2 Å². The number of halogens is 4. The highest BCUT2D eigenvalue weighted by Gasteiger charge is 2.66. The Balaban J connectivity index is 1.90. The lowest BCUT2D eigenvalue weighted by molar-refractivity contribution is -0.124. The first-order valence-electron chi connectivity index (χ1n) is 12.4. The summed E-state index contributed by atoms with van der Waals surface area (Å²) in [5.41, 5.74) is -1.26. The van der Waals surface area contributed by atoms with Crippen molar-refractivity contribution in [3.05, 3.63) is 63.9 Å². The van der Waals surface area contributed by atoms with E-state index in [2.05, 4.69) is 16.0 Å². The van der Waals surface area contributed by atoms with E-state index in [4.69, 9.17) is 16.7 Å². The third-order valence-electron chi connectivity index (χ3n) is 7.27. The van der Waals surface area contributed by atoms with E-state index in [0.29, 0.717) is 12.0 Å². The Labute approximate surface area is 223 Å². The SMILES string of the molecule is CC(C)(C)C[C@H]1N[C@@H](C(=O)NCC[C@H](O)CO)[C@H](c2ccc(F)c(Cl)c2)[C@@]12C(=O)Nc1cc(F)c(F)cc12. The van der Waals surface area contributed by atoms with E-state index in [1.165, 1.54) is 12.1 Å². The summed E-state index contributed by atoms with van der Waals surface area (Å²) < 4.78 is 43.0. The van der Waals surface area contributed by atoms with Crippen LogP contribution in [-0.2, 0) is 15.0 Å². The molecule has 2 aromatic carbocycles. The fraction of sp³-hybridized carbons (Fsp3) is 0.481. The molecule has 0 radical (unpaired) electrons. The second kappa shape index (κ2) is 10.5. The molecule has 2 amide bonds. The number of hydrogen-bond donors (Lipinski definition) is 5. The van der Waals surface area contributed by atoms with Crippen molar-refractivity contribution in [1.82, 2.24) is 10.6 Å². The maximum Gasteiger partial charge on any atom is 0.237 e. The van der Waals surface area contributed by atoms with Gasteiger partial charge in [-0.25, -0.2) is 13.2 Å². The fourth-order valence-electron chi connectivity index (χ4n) is 5.70. The van der Waals surface area contributed by atoms with Gasteiger partial charge in [-0.1, -0.05) is 38.4 Å². The Morgan fingerprint density at radius 1 is 1.16 bits per heavy atom. The smallest absolute Gasteiger partial charge is 0.237 e. The quantitative estimate of drug-likeness (QED) is 0.361. The molecule has 5 atom stereocenters. The molecular formula is C27H31ClF3N3O4. The molecule has 7 nitrogen and oxygen atoms in total. The first kappa shape index (κ1) is 28.4. The third-order valence-corrected chi connectivity index (χ3v) is 7.56. The lowest BCUT2D eigenvalue weighted by Crippen LogP contribution is -2.49. The number of anilines is 1. The van der Waals surface area contributed by atoms with E-state index in [1.807, 2.05) is 20.8 Å². The Bertz CT molecular complexity index is 1250. The lowest BCUT2D eigenvalue weighted by atomic mass is 9.62. The normalized spacial score (nSPS) is 25.4. The summed E-state index contributed by atoms with van der Waals surface area (Å²) in [6.07, 6.45) is -0.562. The number of aliphatic hydroxyl groups excluding tert-OH is 2. The predicted octanol–water partition coefficient (Wildman–Crippen LogP) is 3.37. The molecule has 0 bridgehead atoms. The van der Waals surface area contributed by atoms with Gasteiger partial charge in [-0.2, -0.15) is 0 Å². The summed E-state index contributed by atoms with van der Waals surface area (Å²) in [6, 6.07) is 4.04. The molecule has 2 aliphatic rings. The van der Waals surface area contributed by atoms with Gasteiger partial charge in [0.25, 0.3) is 0 Å². The van der Waals surface area contributed by atoms with Gasteiger partial charge in [0, 0.05) is 30.3 Å². The highest BCUT2D eigenvalue weighted by Crippen LogP contribution is 2.56. The van der Waals surface area contributed by atoms with Gasteiger partial charge in [0.2, 0.25) is 11.8 Å². The number of amides is 2. The van der Waals surface area contributed by atoms with Gasteiger partial charge in [-0.05, 0) is 47.6 Å². The molecule has 1 spiro atoms. The maximum absolute atomic E-state index is 14.7. The van der Waals surface area contributed by atoms with Crippen LogP contribution in [0.1, 0.15) is 50.7 Å². The van der Waals surface area contributed by atoms with Crippen LogP contribution >= 0.6 is 11.6 Å². The maximum atomic E-state index is 14.7. The van der Waals surface area contributed by atoms with Crippen LogP contribution < -0.4 is 16.0 Å². The zero-order valence-corrected chi connectivity index (χ0v) is 22.0. The molecule has 2 aliphatic heterocycles. The minimum atomic E-state index is -1.56. The van der Waals surface area contributed by atoms with Crippen LogP contribution in [0.15, 0.2) is 30.3 Å². The minimum absolute atomic E-state index is 0.0369. The third kappa shape index (κ3) is 5.02. The van der Waals surface area contributed by atoms with Gasteiger partial charge in [0.15, 0.2) is 11.6 Å². The van der Waals surface area contributed by atoms with Crippen LogP contribution in [0, 0.1) is 22.9 Å². The van der Waals surface area contributed by atoms with E-state index in [9.17, 15) is 27.9 Å². The molecule has 2 heterocycles. The Morgan fingerprint density at radius 3 is 2.47 bits per heavy atom. The molecular weight excluding hydrogens is 523 g/mol. The van der Waals surface area contributed by atoms with Crippen molar-refractivity contribution in [2.24, 2.45) is 5.41 Å². The minimum Gasteiger partial charge on any atom is -0.394 e. The standard InChI is InChI=1S/C27H31ClF3N3O4/c1-26(2,3)11-21-27(15-9-18(30)19(31)10-20(15)33-25(27)38)22(13-4-5-17(29)16(28)8-13)23(34-21)24(37)32-7-6-14(36)12-35/h4-5,8-10,14,21-23,34-36H,6-7,11-12H2,1-3H3,(H,32,37)(H,33,38)/t14-,21+,22-,23+,27-/m0/s1. The fourth-order valence-corrected chi connectivity index (χ4v) is 5.89. The molecule has 0 aliphatic carbocycles. The zero-order valence-electron chi connectivity index (χ0n) is 21.2. The molecule has 4 rings (SSSR count). The monoisotopic (exact) mass is 553 g/mol. The van der Waals surface area contributed by atoms with Crippen LogP contribution in [0.5, 0.6) is 0 Å². The topological polar surface area (TPSA) is 111 Å². The van der Waals surface area contributed by atoms with Crippen molar-refractivity contribution < 1.29 is 33.0 Å². The average molecular weight is 554 g/mol. The van der Waals surface area contributed by atoms with Crippen molar-refractivity contribution in [2.75, 3.05) is 18.5 Å². The first-order chi connectivity index (χ1) is 17.8. The molecule has 0 unspecified atom stereocenters. The van der Waals surface area contributed by atoms with Crippen molar-refractivity contribution in [3.8, 4) is 0 Å². The van der Waals surface area contributed by atoms with Crippen molar-refractivity contribution in [1.29, 1.82) is 0 Å². The van der Waals surface area contributed by atoms with Crippen LogP contribution in [0.4, 0.5) is 18.9 Å². The van der Waals surface area contributed by atoms with Crippen LogP contribution in [-0.4, -0.2) is 53.4 Å². The number of aliphatic hydroxyl groups is 2. The summed E-state index contributed by atoms with van der Waals surface area (Å²) in [7, 11) is 0. The lowest BCUT2D eigenvalue weighted by Gasteiger charge is -2.37. The zero-order chi connectivity index (χ0) is 28.0. The molecule has 38 heavy (non-hydrogen) atoms. The summed E-state index contributed by atoms with van der Waals surface area (Å²) in [6.45, 7) is 5.43. The summed E-state index contributed by atoms with van der Waals surface area (Å²) in [4.78, 5) is 27.5. The molecule has 206 valence electrons. The summed E-state index contributed by atoms with van der Waals surface area (Å²) >= 11 is 6.12. The van der Waals surface area contributed by atoms with Crippen molar-refractivity contribution >= 4 is 29.1 Å². The molecule has 5 N–H and O–H groups in total. The largest absolute Gasteiger partial charge is 0.394 e. The molecule has 0 saturated carbocycles. The number of benzene rings is 2. The predicted molar refractivity (Wildman–Crippen MR) is 136 cm³/mol. The van der Waals surface area contributed by atoms with Gasteiger partial charge in [0.05, 0.1) is 23.8 Å².